The molecule has 1 N–H and O–H groups in total. The van der Waals surface area contributed by atoms with Gasteiger partial charge in [-0.3, -0.25) is 4.90 Å². The van der Waals surface area contributed by atoms with E-state index in [2.05, 4.69) is 0 Å². The molecule has 0 spiro atoms. The Morgan fingerprint density at radius 2 is 1.88 bits per heavy atom. The van der Waals surface area contributed by atoms with Gasteiger partial charge in [0.2, 0.25) is 0 Å². The van der Waals surface area contributed by atoms with Gasteiger partial charge in [0.1, 0.15) is 12.6 Å². The third-order valence-electron chi connectivity index (χ3n) is 4.50. The zero-order valence-corrected chi connectivity index (χ0v) is 13.7. The van der Waals surface area contributed by atoms with Crippen molar-refractivity contribution in [3.05, 3.63) is 64.7 Å². The normalized spacial score (nSPS) is 15.9. The van der Waals surface area contributed by atoms with E-state index in [0.29, 0.717) is 12.1 Å². The van der Waals surface area contributed by atoms with Gasteiger partial charge >= 0.3 is 12.1 Å². The van der Waals surface area contributed by atoms with Crippen molar-refractivity contribution in [1.82, 2.24) is 0 Å². The standard InChI is InChI=1S/C19H19NO4/c1-12-8-9-16-15(13(12)2)10-17(18(21)22)20(16)19(23)24-11-14-6-4-3-5-7-14/h3-9,17H,10-11H2,1-2H3,(H,21,22). The lowest BCUT2D eigenvalue weighted by Gasteiger charge is -2.22. The number of ether oxygens (including phenoxy) is 1. The van der Waals surface area contributed by atoms with Crippen LogP contribution in [0.3, 0.4) is 0 Å². The summed E-state index contributed by atoms with van der Waals surface area (Å²) in [6.07, 6.45) is -0.327. The smallest absolute Gasteiger partial charge is 0.415 e. The number of hydrogen-bond acceptors (Lipinski definition) is 3. The fraction of sp³-hybridized carbons (Fsp3) is 0.263. The second-order valence-corrected chi connectivity index (χ2v) is 5.97. The number of anilines is 1. The van der Waals surface area contributed by atoms with Crippen LogP contribution in [-0.4, -0.2) is 23.2 Å². The number of carbonyl (C=O) groups excluding carboxylic acids is 1. The molecule has 0 aliphatic carbocycles. The van der Waals surface area contributed by atoms with Gasteiger partial charge < -0.3 is 9.84 Å². The van der Waals surface area contributed by atoms with Crippen molar-refractivity contribution in [3.63, 3.8) is 0 Å². The zero-order valence-electron chi connectivity index (χ0n) is 13.7. The van der Waals surface area contributed by atoms with Gasteiger partial charge in [-0.15, -0.1) is 0 Å². The van der Waals surface area contributed by atoms with Crippen molar-refractivity contribution in [2.75, 3.05) is 4.90 Å². The first-order valence-electron chi connectivity index (χ1n) is 7.81. The number of carbonyl (C=O) groups is 2. The first-order valence-corrected chi connectivity index (χ1v) is 7.81. The third kappa shape index (κ3) is 2.85. The molecule has 1 unspecified atom stereocenters. The Labute approximate surface area is 140 Å². The predicted molar refractivity (Wildman–Crippen MR) is 90.1 cm³/mol. The van der Waals surface area contributed by atoms with Crippen molar-refractivity contribution < 1.29 is 19.4 Å². The topological polar surface area (TPSA) is 66.8 Å². The predicted octanol–water partition coefficient (Wildman–Crippen LogP) is 3.46. The van der Waals surface area contributed by atoms with Crippen molar-refractivity contribution in [3.8, 4) is 0 Å². The lowest BCUT2D eigenvalue weighted by Crippen LogP contribution is -2.43. The summed E-state index contributed by atoms with van der Waals surface area (Å²) in [5.74, 6) is -1.03. The molecule has 5 nitrogen and oxygen atoms in total. The molecular weight excluding hydrogens is 306 g/mol. The van der Waals surface area contributed by atoms with Crippen LogP contribution in [0.1, 0.15) is 22.3 Å². The number of fused-ring (bicyclic) bond motifs is 1. The van der Waals surface area contributed by atoms with E-state index in [1.165, 1.54) is 4.90 Å². The second kappa shape index (κ2) is 6.35. The Morgan fingerprint density at radius 3 is 2.54 bits per heavy atom. The number of aliphatic carboxylic acids is 1. The maximum absolute atomic E-state index is 12.5. The maximum atomic E-state index is 12.5. The number of rotatable bonds is 3. The summed E-state index contributed by atoms with van der Waals surface area (Å²) < 4.78 is 5.34. The van der Waals surface area contributed by atoms with E-state index in [4.69, 9.17) is 4.74 Å². The summed E-state index contributed by atoms with van der Waals surface area (Å²) in [5, 5.41) is 9.50. The lowest BCUT2D eigenvalue weighted by molar-refractivity contribution is -0.138. The molecule has 124 valence electrons. The molecule has 2 aromatic carbocycles. The van der Waals surface area contributed by atoms with Crippen LogP contribution in [0.4, 0.5) is 10.5 Å². The van der Waals surface area contributed by atoms with Crippen LogP contribution in [-0.2, 0) is 22.6 Å². The second-order valence-electron chi connectivity index (χ2n) is 5.97. The molecule has 0 radical (unpaired) electrons. The summed E-state index contributed by atoms with van der Waals surface area (Å²) in [6, 6.07) is 12.1. The fourth-order valence-electron chi connectivity index (χ4n) is 3.01. The van der Waals surface area contributed by atoms with Crippen molar-refractivity contribution in [2.45, 2.75) is 32.9 Å². The van der Waals surface area contributed by atoms with Crippen molar-refractivity contribution in [1.29, 1.82) is 0 Å². The van der Waals surface area contributed by atoms with E-state index < -0.39 is 18.1 Å². The van der Waals surface area contributed by atoms with Crippen LogP contribution in [0.25, 0.3) is 0 Å². The maximum Gasteiger partial charge on any atom is 0.415 e. The fourth-order valence-corrected chi connectivity index (χ4v) is 3.01. The summed E-state index contributed by atoms with van der Waals surface area (Å²) >= 11 is 0. The van der Waals surface area contributed by atoms with E-state index in [9.17, 15) is 14.7 Å². The van der Waals surface area contributed by atoms with Crippen molar-refractivity contribution in [2.24, 2.45) is 0 Å². The lowest BCUT2D eigenvalue weighted by atomic mass is 10.00. The van der Waals surface area contributed by atoms with Crippen LogP contribution in [0, 0.1) is 13.8 Å². The van der Waals surface area contributed by atoms with Gasteiger partial charge in [-0.2, -0.15) is 0 Å². The molecule has 5 heteroatoms. The number of aryl methyl sites for hydroxylation is 1. The molecule has 2 aromatic rings. The Kier molecular flexibility index (Phi) is 4.25. The van der Waals surface area contributed by atoms with Crippen molar-refractivity contribution >= 4 is 17.7 Å². The zero-order chi connectivity index (χ0) is 17.3. The summed E-state index contributed by atoms with van der Waals surface area (Å²) in [6.45, 7) is 4.04. The molecule has 0 saturated heterocycles. The van der Waals surface area contributed by atoms with Gasteiger partial charge in [0, 0.05) is 6.42 Å². The minimum absolute atomic E-state index is 0.114. The molecule has 0 aromatic heterocycles. The van der Waals surface area contributed by atoms with E-state index in [1.54, 1.807) is 6.07 Å². The number of hydrogen-bond donors (Lipinski definition) is 1. The molecule has 1 heterocycles. The van der Waals surface area contributed by atoms with Gasteiger partial charge in [-0.1, -0.05) is 36.4 Å². The highest BCUT2D eigenvalue weighted by Crippen LogP contribution is 2.36. The number of carboxylic acids is 1. The van der Waals surface area contributed by atoms with Crippen LogP contribution in [0.15, 0.2) is 42.5 Å². The van der Waals surface area contributed by atoms with E-state index in [-0.39, 0.29) is 6.61 Å². The highest BCUT2D eigenvalue weighted by Gasteiger charge is 2.40. The Bertz CT molecular complexity index is 785. The third-order valence-corrected chi connectivity index (χ3v) is 4.50. The molecular formula is C19H19NO4. The highest BCUT2D eigenvalue weighted by molar-refractivity contribution is 5.98. The number of carboxylic acid groups (broad SMARTS) is 1. The largest absolute Gasteiger partial charge is 0.480 e. The average molecular weight is 325 g/mol. The minimum atomic E-state index is -1.03. The first-order chi connectivity index (χ1) is 11.5. The highest BCUT2D eigenvalue weighted by atomic mass is 16.6. The van der Waals surface area contributed by atoms with E-state index in [0.717, 1.165) is 22.3 Å². The Morgan fingerprint density at radius 1 is 1.17 bits per heavy atom. The van der Waals surface area contributed by atoms with Gasteiger partial charge in [-0.25, -0.2) is 9.59 Å². The van der Waals surface area contributed by atoms with Crippen LogP contribution in [0.2, 0.25) is 0 Å². The van der Waals surface area contributed by atoms with Crippen LogP contribution >= 0.6 is 0 Å². The number of nitrogens with zero attached hydrogens (tertiary/aromatic N) is 1. The SMILES string of the molecule is Cc1ccc2c(c1C)CC(C(=O)O)N2C(=O)OCc1ccccc1. The van der Waals surface area contributed by atoms with Gasteiger partial charge in [0.25, 0.3) is 0 Å². The summed E-state index contributed by atoms with van der Waals surface area (Å²) in [4.78, 5) is 25.4. The number of amides is 1. The van der Waals surface area contributed by atoms with E-state index >= 15 is 0 Å². The molecule has 24 heavy (non-hydrogen) atoms. The molecule has 3 rings (SSSR count). The summed E-state index contributed by atoms with van der Waals surface area (Å²) in [7, 11) is 0. The quantitative estimate of drug-likeness (QED) is 0.938. The van der Waals surface area contributed by atoms with Gasteiger partial charge in [0.15, 0.2) is 0 Å². The number of benzene rings is 2. The monoisotopic (exact) mass is 325 g/mol. The van der Waals surface area contributed by atoms with Crippen LogP contribution < -0.4 is 4.90 Å². The minimum Gasteiger partial charge on any atom is -0.480 e. The molecule has 1 amide bonds. The molecule has 0 saturated carbocycles. The average Bonchev–Trinajstić information content (AvgIpc) is 2.97. The molecule has 1 aliphatic heterocycles. The molecule has 0 bridgehead atoms. The Hall–Kier alpha value is -2.82. The van der Waals surface area contributed by atoms with Crippen LogP contribution in [0.5, 0.6) is 0 Å². The first kappa shape index (κ1) is 16.1. The van der Waals surface area contributed by atoms with Gasteiger partial charge in [0.05, 0.1) is 5.69 Å². The van der Waals surface area contributed by atoms with Gasteiger partial charge in [-0.05, 0) is 42.2 Å². The summed E-state index contributed by atoms with van der Waals surface area (Å²) in [5.41, 5.74) is 4.49. The Balaban J connectivity index is 1.86. The molecule has 0 fully saturated rings. The molecule has 1 atom stereocenters. The molecule has 1 aliphatic rings. The van der Waals surface area contributed by atoms with E-state index in [1.807, 2.05) is 50.2 Å².